The molecule has 0 heterocycles. The zero-order valence-electron chi connectivity index (χ0n) is 14.2. The molecule has 134 valence electrons. The number of nitrogens with one attached hydrogen (secondary N) is 1. The highest BCUT2D eigenvalue weighted by molar-refractivity contribution is 6.30. The van der Waals surface area contributed by atoms with E-state index in [0.29, 0.717) is 17.2 Å². The van der Waals surface area contributed by atoms with E-state index in [0.717, 1.165) is 19.3 Å². The summed E-state index contributed by atoms with van der Waals surface area (Å²) in [5.41, 5.74) is 2.27. The lowest BCUT2D eigenvalue weighted by molar-refractivity contribution is 0.0206. The number of amides is 1. The topological polar surface area (TPSA) is 64.6 Å². The summed E-state index contributed by atoms with van der Waals surface area (Å²) in [7, 11) is 0. The van der Waals surface area contributed by atoms with Crippen LogP contribution < -0.4 is 5.48 Å². The molecular formula is C18H26ClNO4. The van der Waals surface area contributed by atoms with Crippen LogP contribution in [0.3, 0.4) is 0 Å². The summed E-state index contributed by atoms with van der Waals surface area (Å²) in [6.07, 6.45) is 8.59. The third-order valence-corrected chi connectivity index (χ3v) is 3.79. The van der Waals surface area contributed by atoms with Crippen molar-refractivity contribution in [2.45, 2.75) is 58.3 Å². The molecule has 0 unspecified atom stereocenters. The largest absolute Gasteiger partial charge is 0.447 e. The molecule has 0 fully saturated rings. The van der Waals surface area contributed by atoms with Gasteiger partial charge in [0.1, 0.15) is 0 Å². The summed E-state index contributed by atoms with van der Waals surface area (Å²) in [5.74, 6) is -0.671. The van der Waals surface area contributed by atoms with E-state index in [1.165, 1.54) is 44.2 Å². The first-order valence-electron chi connectivity index (χ1n) is 8.53. The van der Waals surface area contributed by atoms with Gasteiger partial charge in [0, 0.05) is 5.02 Å². The normalized spacial score (nSPS) is 10.2. The van der Waals surface area contributed by atoms with Crippen LogP contribution in [0, 0.1) is 0 Å². The number of benzene rings is 1. The van der Waals surface area contributed by atoms with E-state index in [1.54, 1.807) is 12.1 Å². The Labute approximate surface area is 148 Å². The number of hydrogen-bond donors (Lipinski definition) is 1. The smallest absolute Gasteiger partial charge is 0.440 e. The highest BCUT2D eigenvalue weighted by Crippen LogP contribution is 2.10. The minimum absolute atomic E-state index is 0.294. The van der Waals surface area contributed by atoms with Crippen molar-refractivity contribution in [1.82, 2.24) is 5.48 Å². The molecule has 0 spiro atoms. The standard InChI is InChI=1S/C18H26ClNO4/c1-2-3-4-5-6-7-8-9-14-23-18(22)20-24-17(21)15-10-12-16(19)13-11-15/h10-13H,2-9,14H2,1H3,(H,20,22). The molecule has 1 rings (SSSR count). The second-order valence-electron chi connectivity index (χ2n) is 5.61. The van der Waals surface area contributed by atoms with E-state index >= 15 is 0 Å². The number of hydrogen-bond acceptors (Lipinski definition) is 4. The van der Waals surface area contributed by atoms with E-state index in [-0.39, 0.29) is 0 Å². The molecule has 24 heavy (non-hydrogen) atoms. The van der Waals surface area contributed by atoms with Gasteiger partial charge in [-0.2, -0.15) is 0 Å². The van der Waals surface area contributed by atoms with Crippen molar-refractivity contribution in [3.63, 3.8) is 0 Å². The van der Waals surface area contributed by atoms with Gasteiger partial charge >= 0.3 is 12.1 Å². The molecule has 0 aromatic heterocycles. The molecule has 1 N–H and O–H groups in total. The monoisotopic (exact) mass is 355 g/mol. The molecule has 6 heteroatoms. The second-order valence-corrected chi connectivity index (χ2v) is 6.05. The van der Waals surface area contributed by atoms with Crippen LogP contribution in [-0.4, -0.2) is 18.7 Å². The van der Waals surface area contributed by atoms with Gasteiger partial charge in [-0.15, -0.1) is 5.48 Å². The third-order valence-electron chi connectivity index (χ3n) is 3.54. The molecule has 1 aromatic carbocycles. The molecule has 0 aliphatic carbocycles. The van der Waals surface area contributed by atoms with Gasteiger partial charge in [-0.25, -0.2) is 9.59 Å². The minimum atomic E-state index is -0.764. The molecule has 0 saturated carbocycles. The van der Waals surface area contributed by atoms with E-state index in [1.807, 2.05) is 5.48 Å². The van der Waals surface area contributed by atoms with Crippen LogP contribution in [0.1, 0.15) is 68.6 Å². The Balaban J connectivity index is 2.02. The third kappa shape index (κ3) is 9.40. The number of rotatable bonds is 10. The van der Waals surface area contributed by atoms with E-state index < -0.39 is 12.1 Å². The Morgan fingerprint density at radius 2 is 1.54 bits per heavy atom. The maximum atomic E-state index is 11.6. The fourth-order valence-corrected chi connectivity index (χ4v) is 2.29. The molecule has 0 aliphatic rings. The van der Waals surface area contributed by atoms with Crippen molar-refractivity contribution >= 4 is 23.7 Å². The first-order chi connectivity index (χ1) is 11.6. The van der Waals surface area contributed by atoms with Crippen LogP contribution in [-0.2, 0) is 9.57 Å². The molecule has 0 radical (unpaired) electrons. The van der Waals surface area contributed by atoms with Crippen LogP contribution in [0.15, 0.2) is 24.3 Å². The highest BCUT2D eigenvalue weighted by atomic mass is 35.5. The Morgan fingerprint density at radius 1 is 0.958 bits per heavy atom. The fraction of sp³-hybridized carbons (Fsp3) is 0.556. The van der Waals surface area contributed by atoms with Crippen LogP contribution in [0.4, 0.5) is 4.79 Å². The van der Waals surface area contributed by atoms with Crippen LogP contribution in [0.5, 0.6) is 0 Å². The zero-order chi connectivity index (χ0) is 17.6. The van der Waals surface area contributed by atoms with E-state index in [9.17, 15) is 9.59 Å². The molecule has 5 nitrogen and oxygen atoms in total. The Morgan fingerprint density at radius 3 is 2.17 bits per heavy atom. The van der Waals surface area contributed by atoms with Crippen molar-refractivity contribution in [1.29, 1.82) is 0 Å². The lowest BCUT2D eigenvalue weighted by Gasteiger charge is -2.07. The van der Waals surface area contributed by atoms with Gasteiger partial charge in [-0.3, -0.25) is 0 Å². The molecule has 0 atom stereocenters. The summed E-state index contributed by atoms with van der Waals surface area (Å²) in [4.78, 5) is 27.7. The highest BCUT2D eigenvalue weighted by Gasteiger charge is 2.10. The number of halogens is 1. The maximum Gasteiger partial charge on any atom is 0.440 e. The Bertz CT molecular complexity index is 490. The van der Waals surface area contributed by atoms with Crippen molar-refractivity contribution in [3.8, 4) is 0 Å². The van der Waals surface area contributed by atoms with Crippen molar-refractivity contribution in [2.75, 3.05) is 6.61 Å². The van der Waals surface area contributed by atoms with Crippen molar-refractivity contribution < 1.29 is 19.2 Å². The molecule has 1 amide bonds. The summed E-state index contributed by atoms with van der Waals surface area (Å²) in [5, 5.41) is 0.518. The van der Waals surface area contributed by atoms with E-state index in [4.69, 9.17) is 16.3 Å². The maximum absolute atomic E-state index is 11.6. The predicted octanol–water partition coefficient (Wildman–Crippen LogP) is 5.28. The van der Waals surface area contributed by atoms with Gasteiger partial charge in [0.25, 0.3) is 0 Å². The number of unbranched alkanes of at least 4 members (excludes halogenated alkanes) is 7. The molecule has 0 saturated heterocycles. The second kappa shape index (κ2) is 12.6. The number of ether oxygens (including phenoxy) is 1. The lowest BCUT2D eigenvalue weighted by atomic mass is 10.1. The van der Waals surface area contributed by atoms with Crippen LogP contribution >= 0.6 is 11.6 Å². The first kappa shape index (κ1) is 20.3. The van der Waals surface area contributed by atoms with Gasteiger partial charge in [0.05, 0.1) is 12.2 Å². The quantitative estimate of drug-likeness (QED) is 0.458. The van der Waals surface area contributed by atoms with Crippen LogP contribution in [0.25, 0.3) is 0 Å². The van der Waals surface area contributed by atoms with Gasteiger partial charge in [0.2, 0.25) is 0 Å². The van der Waals surface area contributed by atoms with Crippen LogP contribution in [0.2, 0.25) is 5.02 Å². The van der Waals surface area contributed by atoms with Crippen molar-refractivity contribution in [3.05, 3.63) is 34.9 Å². The number of carbonyl (C=O) groups excluding carboxylic acids is 2. The molecular weight excluding hydrogens is 330 g/mol. The lowest BCUT2D eigenvalue weighted by Crippen LogP contribution is -2.28. The summed E-state index contributed by atoms with van der Waals surface area (Å²) < 4.78 is 4.94. The average molecular weight is 356 g/mol. The van der Waals surface area contributed by atoms with Gasteiger partial charge < -0.3 is 9.57 Å². The summed E-state index contributed by atoms with van der Waals surface area (Å²) in [6.45, 7) is 2.52. The molecule has 1 aromatic rings. The summed E-state index contributed by atoms with van der Waals surface area (Å²) >= 11 is 5.73. The minimum Gasteiger partial charge on any atom is -0.447 e. The Kier molecular flexibility index (Phi) is 10.7. The van der Waals surface area contributed by atoms with Crippen molar-refractivity contribution in [2.24, 2.45) is 0 Å². The number of hydroxylamine groups is 1. The molecule has 0 bridgehead atoms. The van der Waals surface area contributed by atoms with Gasteiger partial charge in [-0.05, 0) is 30.7 Å². The predicted molar refractivity (Wildman–Crippen MR) is 94.0 cm³/mol. The summed E-state index contributed by atoms with van der Waals surface area (Å²) in [6, 6.07) is 6.16. The SMILES string of the molecule is CCCCCCCCCCOC(=O)NOC(=O)c1ccc(Cl)cc1. The number of carbonyl (C=O) groups is 2. The molecule has 0 aliphatic heterocycles. The fourth-order valence-electron chi connectivity index (χ4n) is 2.16. The zero-order valence-corrected chi connectivity index (χ0v) is 14.9. The van der Waals surface area contributed by atoms with E-state index in [2.05, 4.69) is 11.8 Å². The first-order valence-corrected chi connectivity index (χ1v) is 8.90. The van der Waals surface area contributed by atoms with Gasteiger partial charge in [-0.1, -0.05) is 63.5 Å². The average Bonchev–Trinajstić information content (AvgIpc) is 2.59. The Hall–Kier alpha value is -1.75. The van der Waals surface area contributed by atoms with Gasteiger partial charge in [0.15, 0.2) is 0 Å².